The molecule has 0 spiro atoms. The summed E-state index contributed by atoms with van der Waals surface area (Å²) in [6.07, 6.45) is -4.28. The highest BCUT2D eigenvalue weighted by Crippen LogP contribution is 2.44. The highest BCUT2D eigenvalue weighted by Gasteiger charge is 2.63. The molecule has 0 aromatic heterocycles. The summed E-state index contributed by atoms with van der Waals surface area (Å²) in [6, 6.07) is 0. The summed E-state index contributed by atoms with van der Waals surface area (Å²) in [4.78, 5) is 0.907. The van der Waals surface area contributed by atoms with E-state index >= 15 is 0 Å². The van der Waals surface area contributed by atoms with E-state index in [0.29, 0.717) is 0 Å². The number of nitrogens with zero attached hydrogens (tertiary/aromatic N) is 2. The molecule has 16 heavy (non-hydrogen) atoms. The van der Waals surface area contributed by atoms with Crippen LogP contribution in [0, 0.1) is 17.4 Å². The van der Waals surface area contributed by atoms with Gasteiger partial charge in [0.2, 0.25) is 0 Å². The van der Waals surface area contributed by atoms with Crippen molar-refractivity contribution >= 4 is 0 Å². The topological polar surface area (TPSA) is 27.0 Å². The van der Waals surface area contributed by atoms with E-state index in [4.69, 9.17) is 5.26 Å². The fourth-order valence-electron chi connectivity index (χ4n) is 1.38. The molecule has 0 N–H and O–H groups in total. The third-order valence-electron chi connectivity index (χ3n) is 2.22. The molecule has 1 atom stereocenters. The van der Waals surface area contributed by atoms with Gasteiger partial charge < -0.3 is 4.90 Å². The Morgan fingerprint density at radius 1 is 1.19 bits per heavy atom. The summed E-state index contributed by atoms with van der Waals surface area (Å²) in [6.45, 7) is 3.44. The van der Waals surface area contributed by atoms with Crippen LogP contribution >= 0.6 is 0 Å². The monoisotopic (exact) mass is 244 g/mol. The van der Waals surface area contributed by atoms with Gasteiger partial charge in [0, 0.05) is 13.1 Å². The Morgan fingerprint density at radius 3 is 2.00 bits per heavy atom. The Labute approximate surface area is 90.6 Å². The third-order valence-corrected chi connectivity index (χ3v) is 2.22. The maximum absolute atomic E-state index is 12.7. The summed E-state index contributed by atoms with van der Waals surface area (Å²) < 4.78 is 61.0. The van der Waals surface area contributed by atoms with Crippen LogP contribution in [0.15, 0.2) is 0 Å². The number of alkyl halides is 5. The molecule has 7 heteroatoms. The fourth-order valence-corrected chi connectivity index (χ4v) is 1.38. The van der Waals surface area contributed by atoms with Crippen molar-refractivity contribution in [3.63, 3.8) is 0 Å². The summed E-state index contributed by atoms with van der Waals surface area (Å²) in [5.41, 5.74) is 0. The van der Waals surface area contributed by atoms with Crippen molar-refractivity contribution < 1.29 is 22.0 Å². The first-order valence-corrected chi connectivity index (χ1v) is 4.88. The zero-order valence-electron chi connectivity index (χ0n) is 8.98. The number of nitriles is 1. The lowest BCUT2D eigenvalue weighted by atomic mass is 10.0. The van der Waals surface area contributed by atoms with E-state index in [-0.39, 0.29) is 13.0 Å². The smallest absolute Gasteiger partial charge is 0.310 e. The second-order valence-electron chi connectivity index (χ2n) is 3.15. The van der Waals surface area contributed by atoms with Crippen LogP contribution in [0.5, 0.6) is 0 Å². The molecule has 1 unspecified atom stereocenters. The molecule has 1 heterocycles. The molecule has 0 bridgehead atoms. The van der Waals surface area contributed by atoms with Gasteiger partial charge in [-0.05, 0) is 6.42 Å². The maximum Gasteiger partial charge on any atom is 0.453 e. The van der Waals surface area contributed by atoms with Crippen LogP contribution in [0.2, 0.25) is 0 Å². The summed E-state index contributed by atoms with van der Waals surface area (Å²) in [5, 5.41) is 8.30. The molecule has 0 aromatic carbocycles. The van der Waals surface area contributed by atoms with Gasteiger partial charge in [0.15, 0.2) is 6.19 Å². The van der Waals surface area contributed by atoms with Gasteiger partial charge in [0.25, 0.3) is 0 Å². The van der Waals surface area contributed by atoms with Gasteiger partial charge in [0.1, 0.15) is 0 Å². The molecule has 1 aliphatic rings. The zero-order valence-corrected chi connectivity index (χ0v) is 8.98. The number of likely N-dealkylation sites (tertiary alicyclic amines) is 1. The minimum atomic E-state index is -5.52. The maximum atomic E-state index is 12.7. The van der Waals surface area contributed by atoms with E-state index in [2.05, 4.69) is 0 Å². The molecule has 1 rings (SSSR count). The van der Waals surface area contributed by atoms with Gasteiger partial charge in [-0.2, -0.15) is 27.2 Å². The van der Waals surface area contributed by atoms with E-state index in [1.807, 2.05) is 13.8 Å². The van der Waals surface area contributed by atoms with E-state index in [1.165, 1.54) is 0 Å². The largest absolute Gasteiger partial charge is 0.453 e. The van der Waals surface area contributed by atoms with Gasteiger partial charge in [-0.3, -0.25) is 0 Å². The molecular formula is C9H13F5N2. The van der Waals surface area contributed by atoms with Crippen LogP contribution in [-0.2, 0) is 0 Å². The summed E-state index contributed by atoms with van der Waals surface area (Å²) in [7, 11) is 0. The minimum Gasteiger partial charge on any atom is -0.310 e. The summed E-state index contributed by atoms with van der Waals surface area (Å²) >= 11 is 0. The van der Waals surface area contributed by atoms with Crippen molar-refractivity contribution in [1.29, 1.82) is 5.26 Å². The molecule has 1 saturated heterocycles. The summed E-state index contributed by atoms with van der Waals surface area (Å²) in [5.74, 6) is -6.50. The Hall–Kier alpha value is -1.06. The van der Waals surface area contributed by atoms with Gasteiger partial charge in [-0.15, -0.1) is 0 Å². The Bertz CT molecular complexity index is 256. The van der Waals surface area contributed by atoms with Crippen molar-refractivity contribution in [3.05, 3.63) is 0 Å². The molecule has 1 aliphatic heterocycles. The first-order valence-electron chi connectivity index (χ1n) is 4.88. The molecule has 0 radical (unpaired) electrons. The van der Waals surface area contributed by atoms with Crippen LogP contribution in [0.1, 0.15) is 20.3 Å². The lowest BCUT2D eigenvalue weighted by molar-refractivity contribution is -0.300. The first kappa shape index (κ1) is 14.9. The van der Waals surface area contributed by atoms with Crippen LogP contribution in [-0.4, -0.2) is 30.1 Å². The van der Waals surface area contributed by atoms with Crippen LogP contribution < -0.4 is 0 Å². The average molecular weight is 244 g/mol. The van der Waals surface area contributed by atoms with Gasteiger partial charge >= 0.3 is 12.1 Å². The fraction of sp³-hybridized carbons (Fsp3) is 0.889. The molecule has 0 amide bonds. The van der Waals surface area contributed by atoms with Gasteiger partial charge in [-0.25, -0.2) is 0 Å². The molecule has 94 valence electrons. The normalized spacial score (nSPS) is 21.1. The number of rotatable bonds is 1. The average Bonchev–Trinajstić information content (AvgIpc) is 2.67. The predicted molar refractivity (Wildman–Crippen MR) is 47.6 cm³/mol. The molecule has 0 aliphatic carbocycles. The van der Waals surface area contributed by atoms with Gasteiger partial charge in [0.05, 0.1) is 5.92 Å². The Kier molecular flexibility index (Phi) is 4.97. The standard InChI is InChI=1S/C7H7F5N2.C2H6/c8-6(9,7(10,11)12)5-1-2-14(3-5)4-13;1-2/h5H,1-3H2;1-2H3. The highest BCUT2D eigenvalue weighted by molar-refractivity contribution is 4.93. The SMILES string of the molecule is CC.N#CN1CCC(C(F)(F)C(F)(F)F)C1. The molecule has 2 nitrogen and oxygen atoms in total. The highest BCUT2D eigenvalue weighted by atomic mass is 19.4. The lowest BCUT2D eigenvalue weighted by Gasteiger charge is -2.24. The lowest BCUT2D eigenvalue weighted by Crippen LogP contribution is -2.44. The van der Waals surface area contributed by atoms with Crippen molar-refractivity contribution in [2.24, 2.45) is 5.92 Å². The van der Waals surface area contributed by atoms with E-state index in [1.54, 1.807) is 6.19 Å². The number of hydrogen-bond donors (Lipinski definition) is 0. The van der Waals surface area contributed by atoms with Crippen molar-refractivity contribution in [2.45, 2.75) is 32.4 Å². The molecular weight excluding hydrogens is 231 g/mol. The van der Waals surface area contributed by atoms with Crippen molar-refractivity contribution in [1.82, 2.24) is 4.90 Å². The van der Waals surface area contributed by atoms with Crippen LogP contribution in [0.25, 0.3) is 0 Å². The van der Waals surface area contributed by atoms with Crippen LogP contribution in [0.4, 0.5) is 22.0 Å². The second kappa shape index (κ2) is 5.32. The van der Waals surface area contributed by atoms with E-state index in [0.717, 1.165) is 4.90 Å². The van der Waals surface area contributed by atoms with E-state index < -0.39 is 24.6 Å². The Morgan fingerprint density at radius 2 is 1.69 bits per heavy atom. The predicted octanol–water partition coefficient (Wildman–Crippen LogP) is 3.01. The number of halogens is 5. The molecule has 0 saturated carbocycles. The van der Waals surface area contributed by atoms with Crippen LogP contribution in [0.3, 0.4) is 0 Å². The van der Waals surface area contributed by atoms with Crippen molar-refractivity contribution in [2.75, 3.05) is 13.1 Å². The zero-order chi connectivity index (χ0) is 13.0. The van der Waals surface area contributed by atoms with E-state index in [9.17, 15) is 22.0 Å². The Balaban J connectivity index is 0.00000106. The molecule has 1 fully saturated rings. The second-order valence-corrected chi connectivity index (χ2v) is 3.15. The number of hydrogen-bond acceptors (Lipinski definition) is 2. The molecule has 0 aromatic rings. The first-order chi connectivity index (χ1) is 7.29. The quantitative estimate of drug-likeness (QED) is 0.523. The van der Waals surface area contributed by atoms with Gasteiger partial charge in [-0.1, -0.05) is 13.8 Å². The third kappa shape index (κ3) is 2.97. The van der Waals surface area contributed by atoms with Crippen molar-refractivity contribution in [3.8, 4) is 6.19 Å². The minimum absolute atomic E-state index is 0.0349.